The predicted octanol–water partition coefficient (Wildman–Crippen LogP) is 1.63. The maximum absolute atomic E-state index is 13.4. The van der Waals surface area contributed by atoms with Gasteiger partial charge in [-0.15, -0.1) is 0 Å². The number of carbonyl (C=O) groups is 2. The van der Waals surface area contributed by atoms with Gasteiger partial charge in [-0.1, -0.05) is 12.8 Å². The van der Waals surface area contributed by atoms with Crippen molar-refractivity contribution in [2.75, 3.05) is 39.3 Å². The van der Waals surface area contributed by atoms with Crippen LogP contribution in [-0.2, 0) is 9.59 Å². The third kappa shape index (κ3) is 2.75. The number of carbonyl (C=O) groups excluding carboxylic acids is 2. The molecular formula is C19H31N3O2. The van der Waals surface area contributed by atoms with Crippen LogP contribution in [-0.4, -0.2) is 60.9 Å². The van der Waals surface area contributed by atoms with E-state index in [0.29, 0.717) is 24.3 Å². The van der Waals surface area contributed by atoms with Crippen LogP contribution >= 0.6 is 0 Å². The van der Waals surface area contributed by atoms with Gasteiger partial charge in [0.15, 0.2) is 0 Å². The van der Waals surface area contributed by atoms with Gasteiger partial charge < -0.3 is 15.1 Å². The van der Waals surface area contributed by atoms with Crippen LogP contribution in [0.4, 0.5) is 0 Å². The summed E-state index contributed by atoms with van der Waals surface area (Å²) in [6.45, 7) is 5.17. The maximum Gasteiger partial charge on any atom is 0.230 e. The lowest BCUT2D eigenvalue weighted by Gasteiger charge is -2.43. The maximum atomic E-state index is 13.4. The minimum atomic E-state index is -0.170. The van der Waals surface area contributed by atoms with Crippen LogP contribution in [0.5, 0.6) is 0 Å². The van der Waals surface area contributed by atoms with Gasteiger partial charge in [0.2, 0.25) is 11.8 Å². The third-order valence-electron chi connectivity index (χ3n) is 6.94. The number of piperidine rings is 1. The van der Waals surface area contributed by atoms with Crippen molar-refractivity contribution in [1.82, 2.24) is 15.1 Å². The van der Waals surface area contributed by atoms with Gasteiger partial charge in [0.05, 0.1) is 11.3 Å². The summed E-state index contributed by atoms with van der Waals surface area (Å²) in [5.74, 6) is 1.19. The van der Waals surface area contributed by atoms with E-state index in [1.165, 1.54) is 19.3 Å². The Kier molecular flexibility index (Phi) is 4.54. The molecule has 0 spiro atoms. The predicted molar refractivity (Wildman–Crippen MR) is 92.4 cm³/mol. The second-order valence-electron chi connectivity index (χ2n) is 8.35. The molecule has 24 heavy (non-hydrogen) atoms. The molecule has 1 unspecified atom stereocenters. The molecule has 1 N–H and O–H groups in total. The van der Waals surface area contributed by atoms with Gasteiger partial charge in [-0.2, -0.15) is 0 Å². The van der Waals surface area contributed by atoms with Crippen LogP contribution < -0.4 is 5.32 Å². The lowest BCUT2D eigenvalue weighted by atomic mass is 9.67. The molecule has 5 heteroatoms. The van der Waals surface area contributed by atoms with Crippen LogP contribution in [0, 0.1) is 17.3 Å². The molecule has 3 saturated heterocycles. The highest BCUT2D eigenvalue weighted by atomic mass is 16.2. The Morgan fingerprint density at radius 2 is 1.71 bits per heavy atom. The summed E-state index contributed by atoms with van der Waals surface area (Å²) in [7, 11) is 0. The van der Waals surface area contributed by atoms with Crippen LogP contribution in [0.3, 0.4) is 0 Å². The largest absolute Gasteiger partial charge is 0.342 e. The number of amides is 2. The van der Waals surface area contributed by atoms with Crippen molar-refractivity contribution in [2.45, 2.75) is 51.4 Å². The van der Waals surface area contributed by atoms with E-state index >= 15 is 0 Å². The molecule has 134 valence electrons. The second kappa shape index (κ2) is 6.66. The molecule has 0 aromatic rings. The number of nitrogens with one attached hydrogen (secondary N) is 1. The Hall–Kier alpha value is -1.10. The first-order valence-corrected chi connectivity index (χ1v) is 9.99. The average molecular weight is 333 g/mol. The molecule has 0 radical (unpaired) electrons. The van der Waals surface area contributed by atoms with Crippen LogP contribution in [0.25, 0.3) is 0 Å². The zero-order valence-electron chi connectivity index (χ0n) is 14.8. The zero-order chi connectivity index (χ0) is 16.6. The van der Waals surface area contributed by atoms with Gasteiger partial charge in [-0.05, 0) is 51.0 Å². The summed E-state index contributed by atoms with van der Waals surface area (Å²) < 4.78 is 0. The van der Waals surface area contributed by atoms with E-state index < -0.39 is 0 Å². The third-order valence-corrected chi connectivity index (χ3v) is 6.94. The SMILES string of the molecule is O=C(C1CCCN(C(=O)[C@@]23CCCC[C@H]2CNC3)C1)N1CCCC1. The molecule has 0 aromatic carbocycles. The van der Waals surface area contributed by atoms with Gasteiger partial charge in [-0.3, -0.25) is 9.59 Å². The van der Waals surface area contributed by atoms with E-state index in [1.54, 1.807) is 0 Å². The highest BCUT2D eigenvalue weighted by molar-refractivity contribution is 5.85. The van der Waals surface area contributed by atoms with Gasteiger partial charge >= 0.3 is 0 Å². The minimum Gasteiger partial charge on any atom is -0.342 e. The van der Waals surface area contributed by atoms with E-state index in [-0.39, 0.29) is 11.3 Å². The summed E-state index contributed by atoms with van der Waals surface area (Å²) in [6.07, 6.45) is 8.85. The monoisotopic (exact) mass is 333 g/mol. The van der Waals surface area contributed by atoms with E-state index in [4.69, 9.17) is 0 Å². The van der Waals surface area contributed by atoms with Crippen molar-refractivity contribution in [3.63, 3.8) is 0 Å². The number of likely N-dealkylation sites (tertiary alicyclic amines) is 2. The Morgan fingerprint density at radius 1 is 0.917 bits per heavy atom. The molecule has 3 atom stereocenters. The molecule has 0 aromatic heterocycles. The summed E-state index contributed by atoms with van der Waals surface area (Å²) in [4.78, 5) is 30.2. The number of hydrogen-bond acceptors (Lipinski definition) is 3. The molecule has 2 amide bonds. The van der Waals surface area contributed by atoms with Crippen LogP contribution in [0.2, 0.25) is 0 Å². The Morgan fingerprint density at radius 3 is 2.54 bits per heavy atom. The second-order valence-corrected chi connectivity index (χ2v) is 8.35. The Labute approximate surface area is 145 Å². The first-order chi connectivity index (χ1) is 11.7. The topological polar surface area (TPSA) is 52.7 Å². The van der Waals surface area contributed by atoms with Crippen molar-refractivity contribution in [1.29, 1.82) is 0 Å². The van der Waals surface area contributed by atoms with E-state index in [2.05, 4.69) is 5.32 Å². The fourth-order valence-electron chi connectivity index (χ4n) is 5.54. The number of fused-ring (bicyclic) bond motifs is 1. The quantitative estimate of drug-likeness (QED) is 0.836. The standard InChI is InChI=1S/C19H31N3O2/c23-17(21-9-3-4-10-21)15-6-5-11-22(13-15)18(24)19-8-2-1-7-16(19)12-20-14-19/h15-16,20H,1-14H2/t15?,16-,19+/m0/s1. The highest BCUT2D eigenvalue weighted by Crippen LogP contribution is 2.45. The van der Waals surface area contributed by atoms with Gasteiger partial charge in [-0.25, -0.2) is 0 Å². The molecule has 4 aliphatic rings. The number of nitrogens with zero attached hydrogens (tertiary/aromatic N) is 2. The lowest BCUT2D eigenvalue weighted by Crippen LogP contribution is -2.54. The molecule has 1 saturated carbocycles. The summed E-state index contributed by atoms with van der Waals surface area (Å²) in [6, 6.07) is 0. The fraction of sp³-hybridized carbons (Fsp3) is 0.895. The van der Waals surface area contributed by atoms with Gasteiger partial charge in [0.25, 0.3) is 0 Å². The average Bonchev–Trinajstić information content (AvgIpc) is 3.30. The molecule has 1 aliphatic carbocycles. The Bertz CT molecular complexity index is 503. The van der Waals surface area contributed by atoms with Crippen molar-refractivity contribution in [3.05, 3.63) is 0 Å². The molecule has 4 fully saturated rings. The summed E-state index contributed by atoms with van der Waals surface area (Å²) in [5, 5.41) is 3.48. The van der Waals surface area contributed by atoms with Gasteiger partial charge in [0, 0.05) is 32.7 Å². The van der Waals surface area contributed by atoms with Gasteiger partial charge in [0.1, 0.15) is 0 Å². The number of rotatable bonds is 2. The van der Waals surface area contributed by atoms with Crippen molar-refractivity contribution in [3.8, 4) is 0 Å². The summed E-state index contributed by atoms with van der Waals surface area (Å²) in [5.41, 5.74) is -0.170. The van der Waals surface area contributed by atoms with Crippen LogP contribution in [0.15, 0.2) is 0 Å². The Balaban J connectivity index is 1.45. The smallest absolute Gasteiger partial charge is 0.230 e. The molecule has 0 bridgehead atoms. The molecule has 4 rings (SSSR count). The normalized spacial score (nSPS) is 36.7. The minimum absolute atomic E-state index is 0.0357. The zero-order valence-corrected chi connectivity index (χ0v) is 14.8. The molecule has 5 nitrogen and oxygen atoms in total. The number of hydrogen-bond donors (Lipinski definition) is 1. The fourth-order valence-corrected chi connectivity index (χ4v) is 5.54. The molecule has 3 aliphatic heterocycles. The van der Waals surface area contributed by atoms with Crippen molar-refractivity contribution < 1.29 is 9.59 Å². The van der Waals surface area contributed by atoms with E-state index in [9.17, 15) is 9.59 Å². The first kappa shape index (κ1) is 16.4. The molecule has 3 heterocycles. The highest BCUT2D eigenvalue weighted by Gasteiger charge is 2.52. The van der Waals surface area contributed by atoms with Crippen LogP contribution in [0.1, 0.15) is 51.4 Å². The van der Waals surface area contributed by atoms with E-state index in [0.717, 1.165) is 64.8 Å². The van der Waals surface area contributed by atoms with Crippen molar-refractivity contribution in [2.24, 2.45) is 17.3 Å². The molecular weight excluding hydrogens is 302 g/mol. The van der Waals surface area contributed by atoms with E-state index in [1.807, 2.05) is 9.80 Å². The first-order valence-electron chi connectivity index (χ1n) is 9.99. The summed E-state index contributed by atoms with van der Waals surface area (Å²) >= 11 is 0. The van der Waals surface area contributed by atoms with Crippen molar-refractivity contribution >= 4 is 11.8 Å². The lowest BCUT2D eigenvalue weighted by molar-refractivity contribution is -0.149.